The summed E-state index contributed by atoms with van der Waals surface area (Å²) < 4.78 is 23.9. The summed E-state index contributed by atoms with van der Waals surface area (Å²) >= 11 is 1.22. The molecule has 1 heterocycles. The van der Waals surface area contributed by atoms with Crippen molar-refractivity contribution in [1.82, 2.24) is 10.3 Å². The number of rotatable bonds is 7. The van der Waals surface area contributed by atoms with E-state index in [9.17, 15) is 9.18 Å². The van der Waals surface area contributed by atoms with E-state index in [1.807, 2.05) is 24.3 Å². The molecule has 27 heavy (non-hydrogen) atoms. The highest BCUT2D eigenvalue weighted by atomic mass is 32.2. The molecule has 0 aliphatic heterocycles. The van der Waals surface area contributed by atoms with Crippen molar-refractivity contribution in [3.05, 3.63) is 66.1 Å². The molecule has 1 unspecified atom stereocenters. The molecule has 7 heteroatoms. The number of aromatic nitrogens is 1. The molecule has 0 bridgehead atoms. The van der Waals surface area contributed by atoms with Gasteiger partial charge in [0.25, 0.3) is 5.22 Å². The van der Waals surface area contributed by atoms with Crippen LogP contribution in [-0.2, 0) is 11.3 Å². The Morgan fingerprint density at radius 1 is 1.26 bits per heavy atom. The Bertz CT molecular complexity index is 912. The Morgan fingerprint density at radius 2 is 2.00 bits per heavy atom. The van der Waals surface area contributed by atoms with E-state index in [0.717, 1.165) is 16.9 Å². The molecule has 0 aliphatic carbocycles. The smallest absolute Gasteiger partial charge is 0.256 e. The first kappa shape index (κ1) is 19.0. The van der Waals surface area contributed by atoms with E-state index in [1.165, 1.54) is 23.9 Å². The van der Waals surface area contributed by atoms with Crippen LogP contribution in [0.4, 0.5) is 4.39 Å². The summed E-state index contributed by atoms with van der Waals surface area (Å²) in [6.07, 6.45) is 1.56. The number of amides is 1. The summed E-state index contributed by atoms with van der Waals surface area (Å²) in [6.45, 7) is 2.16. The molecule has 1 N–H and O–H groups in total. The van der Waals surface area contributed by atoms with Gasteiger partial charge < -0.3 is 14.5 Å². The van der Waals surface area contributed by atoms with E-state index in [1.54, 1.807) is 32.4 Å². The summed E-state index contributed by atoms with van der Waals surface area (Å²) in [5, 5.41) is 2.88. The molecular weight excluding hydrogens is 367 g/mol. The van der Waals surface area contributed by atoms with Crippen molar-refractivity contribution in [3.63, 3.8) is 0 Å². The first-order valence-corrected chi connectivity index (χ1v) is 9.23. The molecule has 1 atom stereocenters. The van der Waals surface area contributed by atoms with Crippen LogP contribution in [0.2, 0.25) is 0 Å². The monoisotopic (exact) mass is 386 g/mol. The molecule has 3 rings (SSSR count). The number of carbonyl (C=O) groups is 1. The number of hydrogen-bond donors (Lipinski definition) is 1. The average Bonchev–Trinajstić information content (AvgIpc) is 3.15. The average molecular weight is 386 g/mol. The molecule has 5 nitrogen and oxygen atoms in total. The fourth-order valence-electron chi connectivity index (χ4n) is 2.44. The van der Waals surface area contributed by atoms with Gasteiger partial charge in [-0.05, 0) is 37.3 Å². The molecule has 140 valence electrons. The Balaban J connectivity index is 1.57. The molecule has 2 aromatic carbocycles. The number of hydrogen-bond acceptors (Lipinski definition) is 5. The van der Waals surface area contributed by atoms with Crippen LogP contribution in [0.1, 0.15) is 12.5 Å². The van der Waals surface area contributed by atoms with E-state index in [4.69, 9.17) is 9.15 Å². The number of nitrogens with one attached hydrogen (secondary N) is 1. The van der Waals surface area contributed by atoms with Crippen molar-refractivity contribution >= 4 is 17.7 Å². The minimum atomic E-state index is -0.389. The minimum Gasteiger partial charge on any atom is -0.496 e. The highest BCUT2D eigenvalue weighted by Crippen LogP contribution is 2.28. The third-order valence-corrected chi connectivity index (χ3v) is 4.86. The number of methoxy groups -OCH3 is 1. The molecule has 0 radical (unpaired) electrons. The van der Waals surface area contributed by atoms with Crippen molar-refractivity contribution in [2.24, 2.45) is 0 Å². The quantitative estimate of drug-likeness (QED) is 0.614. The first-order valence-electron chi connectivity index (χ1n) is 8.35. The minimum absolute atomic E-state index is 0.132. The van der Waals surface area contributed by atoms with Gasteiger partial charge >= 0.3 is 0 Å². The SMILES string of the molecule is COc1ccccc1CNC(=O)C(C)Sc1ncc(-c2ccc(F)cc2)o1. The molecule has 1 amide bonds. The number of oxazole rings is 1. The van der Waals surface area contributed by atoms with Crippen LogP contribution in [0.3, 0.4) is 0 Å². The number of halogens is 1. The van der Waals surface area contributed by atoms with Gasteiger partial charge in [-0.2, -0.15) is 0 Å². The lowest BCUT2D eigenvalue weighted by molar-refractivity contribution is -0.120. The molecule has 0 spiro atoms. The Hall–Kier alpha value is -2.80. The number of benzene rings is 2. The van der Waals surface area contributed by atoms with E-state index >= 15 is 0 Å². The number of ether oxygens (including phenoxy) is 1. The van der Waals surface area contributed by atoms with Crippen molar-refractivity contribution in [2.45, 2.75) is 23.9 Å². The highest BCUT2D eigenvalue weighted by Gasteiger charge is 2.18. The third-order valence-electron chi connectivity index (χ3n) is 3.91. The molecular formula is C20H19FN2O3S. The largest absolute Gasteiger partial charge is 0.496 e. The van der Waals surface area contributed by atoms with E-state index < -0.39 is 0 Å². The fraction of sp³-hybridized carbons (Fsp3) is 0.200. The lowest BCUT2D eigenvalue weighted by Gasteiger charge is -2.12. The van der Waals surface area contributed by atoms with Crippen LogP contribution in [0.15, 0.2) is 64.4 Å². The second-order valence-electron chi connectivity index (χ2n) is 5.79. The van der Waals surface area contributed by atoms with Gasteiger partial charge in [-0.3, -0.25) is 4.79 Å². The summed E-state index contributed by atoms with van der Waals surface area (Å²) in [6, 6.07) is 13.5. The van der Waals surface area contributed by atoms with E-state index in [-0.39, 0.29) is 17.0 Å². The van der Waals surface area contributed by atoms with Crippen molar-refractivity contribution in [2.75, 3.05) is 7.11 Å². The second-order valence-corrected chi connectivity index (χ2v) is 7.08. The third kappa shape index (κ3) is 4.89. The molecule has 0 aliphatic rings. The standard InChI is InChI=1S/C20H19FN2O3S/c1-13(19(24)22-11-15-5-3-4-6-17(15)25-2)27-20-23-12-18(26-20)14-7-9-16(21)10-8-14/h3-10,12-13H,11H2,1-2H3,(H,22,24). The van der Waals surface area contributed by atoms with Gasteiger partial charge in [0.05, 0.1) is 18.6 Å². The van der Waals surface area contributed by atoms with Gasteiger partial charge in [0.1, 0.15) is 11.6 Å². The summed E-state index contributed by atoms with van der Waals surface area (Å²) in [4.78, 5) is 16.5. The predicted octanol–water partition coefficient (Wildman–Crippen LogP) is 4.29. The predicted molar refractivity (Wildman–Crippen MR) is 102 cm³/mol. The summed E-state index contributed by atoms with van der Waals surface area (Å²) in [5.74, 6) is 0.814. The van der Waals surface area contributed by atoms with Crippen LogP contribution in [0, 0.1) is 5.82 Å². The molecule has 0 saturated heterocycles. The van der Waals surface area contributed by atoms with Crippen LogP contribution in [0.5, 0.6) is 5.75 Å². The van der Waals surface area contributed by atoms with Gasteiger partial charge in [-0.15, -0.1) is 0 Å². The van der Waals surface area contributed by atoms with Crippen molar-refractivity contribution in [1.29, 1.82) is 0 Å². The lowest BCUT2D eigenvalue weighted by Crippen LogP contribution is -2.30. The Morgan fingerprint density at radius 3 is 2.74 bits per heavy atom. The van der Waals surface area contributed by atoms with Crippen LogP contribution < -0.4 is 10.1 Å². The Labute approximate surface area is 160 Å². The van der Waals surface area contributed by atoms with E-state index in [2.05, 4.69) is 10.3 Å². The number of thioether (sulfide) groups is 1. The molecule has 0 fully saturated rings. The van der Waals surface area contributed by atoms with Crippen molar-refractivity contribution < 1.29 is 18.3 Å². The number of nitrogens with zero attached hydrogens (tertiary/aromatic N) is 1. The number of para-hydroxylation sites is 1. The summed E-state index contributed by atoms with van der Waals surface area (Å²) in [7, 11) is 1.60. The van der Waals surface area contributed by atoms with Crippen LogP contribution in [-0.4, -0.2) is 23.3 Å². The first-order chi connectivity index (χ1) is 13.1. The molecule has 1 aromatic heterocycles. The molecule has 3 aromatic rings. The van der Waals surface area contributed by atoms with Gasteiger partial charge in [0.2, 0.25) is 5.91 Å². The normalized spacial score (nSPS) is 11.8. The molecule has 0 saturated carbocycles. The highest BCUT2D eigenvalue weighted by molar-refractivity contribution is 8.00. The van der Waals surface area contributed by atoms with Gasteiger partial charge in [0.15, 0.2) is 5.76 Å². The fourth-order valence-corrected chi connectivity index (χ4v) is 3.18. The van der Waals surface area contributed by atoms with E-state index in [0.29, 0.717) is 17.5 Å². The second kappa shape index (κ2) is 8.73. The zero-order valence-corrected chi connectivity index (χ0v) is 15.8. The van der Waals surface area contributed by atoms with Crippen molar-refractivity contribution in [3.8, 4) is 17.1 Å². The maximum absolute atomic E-state index is 13.0. The van der Waals surface area contributed by atoms with Gasteiger partial charge in [-0.25, -0.2) is 9.37 Å². The van der Waals surface area contributed by atoms with Gasteiger partial charge in [0, 0.05) is 17.7 Å². The maximum atomic E-state index is 13.0. The van der Waals surface area contributed by atoms with Crippen LogP contribution in [0.25, 0.3) is 11.3 Å². The lowest BCUT2D eigenvalue weighted by atomic mass is 10.2. The zero-order chi connectivity index (χ0) is 19.2. The Kier molecular flexibility index (Phi) is 6.13. The number of carbonyl (C=O) groups excluding carboxylic acids is 1. The van der Waals surface area contributed by atoms with Crippen LogP contribution >= 0.6 is 11.8 Å². The zero-order valence-electron chi connectivity index (χ0n) is 14.9. The van der Waals surface area contributed by atoms with Gasteiger partial charge in [-0.1, -0.05) is 30.0 Å². The maximum Gasteiger partial charge on any atom is 0.256 e. The topological polar surface area (TPSA) is 64.4 Å². The summed E-state index contributed by atoms with van der Waals surface area (Å²) in [5.41, 5.74) is 1.63.